The molecule has 3 atom stereocenters. The molecule has 2 aliphatic rings. The molecule has 0 amide bonds. The number of hydrogen-bond acceptors (Lipinski definition) is 7. The summed E-state index contributed by atoms with van der Waals surface area (Å²) in [6.45, 7) is 1.95. The van der Waals surface area contributed by atoms with E-state index in [1.807, 2.05) is 13.0 Å². The lowest BCUT2D eigenvalue weighted by Gasteiger charge is -2.28. The number of esters is 1. The molecule has 2 aliphatic heterocycles. The van der Waals surface area contributed by atoms with Gasteiger partial charge in [0.25, 0.3) is 0 Å². The van der Waals surface area contributed by atoms with Crippen LogP contribution in [0.4, 0.5) is 9.18 Å². The second-order valence-corrected chi connectivity index (χ2v) is 9.52. The van der Waals surface area contributed by atoms with Crippen molar-refractivity contribution in [2.45, 2.75) is 37.5 Å². The lowest BCUT2D eigenvalue weighted by atomic mass is 9.88. The van der Waals surface area contributed by atoms with Crippen molar-refractivity contribution in [1.29, 1.82) is 0 Å². The van der Waals surface area contributed by atoms with E-state index in [-0.39, 0.29) is 36.0 Å². The molecule has 2 aromatic carbocycles. The number of benzene rings is 2. The highest BCUT2D eigenvalue weighted by Crippen LogP contribution is 2.41. The molecule has 0 bridgehead atoms. The molecular formula is C25H25FO6S. The number of ether oxygens (including phenoxy) is 3. The largest absolute Gasteiger partial charge is 0.508 e. The van der Waals surface area contributed by atoms with Crippen LogP contribution in [-0.2, 0) is 25.4 Å². The fourth-order valence-electron chi connectivity index (χ4n) is 4.08. The number of hydrogen-bond donors (Lipinski definition) is 0. The van der Waals surface area contributed by atoms with E-state index in [0.29, 0.717) is 11.3 Å². The summed E-state index contributed by atoms with van der Waals surface area (Å²) in [5, 5.41) is 0.191. The molecule has 0 radical (unpaired) electrons. The van der Waals surface area contributed by atoms with E-state index >= 15 is 0 Å². The Morgan fingerprint density at radius 2 is 1.97 bits per heavy atom. The van der Waals surface area contributed by atoms with Gasteiger partial charge in [-0.3, -0.25) is 4.79 Å². The Kier molecular flexibility index (Phi) is 7.33. The third-order valence-electron chi connectivity index (χ3n) is 6.01. The summed E-state index contributed by atoms with van der Waals surface area (Å²) in [7, 11) is 0. The average molecular weight is 473 g/mol. The van der Waals surface area contributed by atoms with Crippen molar-refractivity contribution in [2.24, 2.45) is 5.92 Å². The van der Waals surface area contributed by atoms with Crippen molar-refractivity contribution in [3.63, 3.8) is 0 Å². The second kappa shape index (κ2) is 10.4. The average Bonchev–Trinajstić information content (AvgIpc) is 3.23. The van der Waals surface area contributed by atoms with Crippen molar-refractivity contribution >= 4 is 29.7 Å². The zero-order valence-electron chi connectivity index (χ0n) is 18.3. The molecule has 2 heterocycles. The van der Waals surface area contributed by atoms with Gasteiger partial charge in [-0.05, 0) is 67.1 Å². The Labute approximate surface area is 195 Å². The minimum Gasteiger partial charge on any atom is -0.458 e. The summed E-state index contributed by atoms with van der Waals surface area (Å²) >= 11 is 1.62. The Balaban J connectivity index is 1.32. The first-order valence-corrected chi connectivity index (χ1v) is 11.9. The van der Waals surface area contributed by atoms with Crippen LogP contribution in [0, 0.1) is 18.7 Å². The number of ketones is 1. The van der Waals surface area contributed by atoms with Crippen molar-refractivity contribution in [3.05, 3.63) is 70.5 Å². The quantitative estimate of drug-likeness (QED) is 0.535. The fraction of sp³-hybridized carbons (Fsp3) is 0.400. The number of Topliss-reactive ketones (excluding diaryl/α,β-unsaturated/α-hetero) is 1. The summed E-state index contributed by atoms with van der Waals surface area (Å²) in [4.78, 5) is 35.7. The highest BCUT2D eigenvalue weighted by Gasteiger charge is 2.30. The summed E-state index contributed by atoms with van der Waals surface area (Å²) in [5.74, 6) is -0.0626. The Morgan fingerprint density at radius 1 is 1.18 bits per heavy atom. The van der Waals surface area contributed by atoms with E-state index in [1.165, 1.54) is 12.1 Å². The lowest BCUT2D eigenvalue weighted by molar-refractivity contribution is -0.121. The molecule has 0 spiro atoms. The van der Waals surface area contributed by atoms with Gasteiger partial charge in [0.15, 0.2) is 6.10 Å². The minimum atomic E-state index is -0.754. The first-order valence-electron chi connectivity index (χ1n) is 10.9. The number of halogens is 1. The molecule has 0 aromatic heterocycles. The maximum absolute atomic E-state index is 13.2. The van der Waals surface area contributed by atoms with Crippen LogP contribution in [0.3, 0.4) is 0 Å². The van der Waals surface area contributed by atoms with Gasteiger partial charge in [0.2, 0.25) is 0 Å². The molecule has 2 fully saturated rings. The maximum Gasteiger partial charge on any atom is 0.508 e. The van der Waals surface area contributed by atoms with E-state index in [4.69, 9.17) is 9.47 Å². The van der Waals surface area contributed by atoms with Crippen LogP contribution in [0.1, 0.15) is 45.1 Å². The molecule has 3 unspecified atom stereocenters. The van der Waals surface area contributed by atoms with Gasteiger partial charge in [-0.2, -0.15) is 0 Å². The molecule has 2 aromatic rings. The second-order valence-electron chi connectivity index (χ2n) is 8.33. The number of carbonyl (C=O) groups excluding carboxylic acids is 3. The summed E-state index contributed by atoms with van der Waals surface area (Å²) in [6, 6.07) is 11.9. The lowest BCUT2D eigenvalue weighted by Crippen LogP contribution is -2.25. The normalized spacial score (nSPS) is 22.5. The van der Waals surface area contributed by atoms with E-state index < -0.39 is 18.2 Å². The first-order chi connectivity index (χ1) is 15.9. The number of rotatable bonds is 7. The molecule has 0 N–H and O–H groups in total. The van der Waals surface area contributed by atoms with E-state index in [2.05, 4.69) is 4.74 Å². The summed E-state index contributed by atoms with van der Waals surface area (Å²) < 4.78 is 28.0. The van der Waals surface area contributed by atoms with Crippen LogP contribution < -0.4 is 0 Å². The molecule has 33 heavy (non-hydrogen) atoms. The van der Waals surface area contributed by atoms with Crippen molar-refractivity contribution in [1.82, 2.24) is 0 Å². The highest BCUT2D eigenvalue weighted by molar-refractivity contribution is 8.00. The summed E-state index contributed by atoms with van der Waals surface area (Å²) in [6.07, 6.45) is 0.873. The topological polar surface area (TPSA) is 78.9 Å². The molecule has 0 saturated carbocycles. The van der Waals surface area contributed by atoms with Crippen molar-refractivity contribution in [2.75, 3.05) is 19.0 Å². The molecule has 4 rings (SSSR count). The Hall–Kier alpha value is -2.87. The molecular weight excluding hydrogens is 447 g/mol. The zero-order valence-corrected chi connectivity index (χ0v) is 19.1. The van der Waals surface area contributed by atoms with Crippen LogP contribution in [-0.4, -0.2) is 43.0 Å². The van der Waals surface area contributed by atoms with Crippen LogP contribution >= 0.6 is 11.8 Å². The van der Waals surface area contributed by atoms with Crippen molar-refractivity contribution in [3.8, 4) is 0 Å². The number of cyclic esters (lactones) is 2. The minimum absolute atomic E-state index is 0.0401. The SMILES string of the molecule is Cc1cc(C(=O)OCC2COC(=O)O2)ccc1CCC1CC(c2ccc(F)cc2)SCC1=O. The molecule has 174 valence electrons. The third kappa shape index (κ3) is 5.93. The van der Waals surface area contributed by atoms with E-state index in [1.54, 1.807) is 36.0 Å². The summed E-state index contributed by atoms with van der Waals surface area (Å²) in [5.41, 5.74) is 3.50. The van der Waals surface area contributed by atoms with E-state index in [0.717, 1.165) is 36.0 Å². The number of carbonyl (C=O) groups is 3. The van der Waals surface area contributed by atoms with Crippen LogP contribution in [0.15, 0.2) is 42.5 Å². The van der Waals surface area contributed by atoms with Gasteiger partial charge in [-0.1, -0.05) is 18.2 Å². The Bertz CT molecular complexity index is 1040. The Morgan fingerprint density at radius 3 is 2.67 bits per heavy atom. The number of aryl methyl sites for hydroxylation is 2. The monoisotopic (exact) mass is 472 g/mol. The van der Waals surface area contributed by atoms with Gasteiger partial charge >= 0.3 is 12.1 Å². The molecule has 6 nitrogen and oxygen atoms in total. The van der Waals surface area contributed by atoms with Gasteiger partial charge in [-0.15, -0.1) is 11.8 Å². The van der Waals surface area contributed by atoms with Gasteiger partial charge in [0.05, 0.1) is 11.3 Å². The fourth-order valence-corrected chi connectivity index (χ4v) is 5.40. The van der Waals surface area contributed by atoms with Gasteiger partial charge in [0, 0.05) is 11.2 Å². The highest BCUT2D eigenvalue weighted by atomic mass is 32.2. The van der Waals surface area contributed by atoms with Gasteiger partial charge < -0.3 is 14.2 Å². The van der Waals surface area contributed by atoms with Crippen LogP contribution in [0.5, 0.6) is 0 Å². The zero-order chi connectivity index (χ0) is 23.4. The smallest absolute Gasteiger partial charge is 0.458 e. The predicted molar refractivity (Wildman–Crippen MR) is 121 cm³/mol. The first kappa shape index (κ1) is 23.3. The molecule has 0 aliphatic carbocycles. The van der Waals surface area contributed by atoms with Crippen LogP contribution in [0.25, 0.3) is 0 Å². The third-order valence-corrected chi connectivity index (χ3v) is 7.33. The van der Waals surface area contributed by atoms with Crippen LogP contribution in [0.2, 0.25) is 0 Å². The predicted octanol–water partition coefficient (Wildman–Crippen LogP) is 4.82. The standard InChI is InChI=1S/C25H25FO6S/c1-15-10-19(24(28)30-12-21-13-31-25(29)32-21)5-3-16(15)2-4-18-11-23(33-14-22(18)27)17-6-8-20(26)9-7-17/h3,5-10,18,21,23H,2,4,11-14H2,1H3. The maximum atomic E-state index is 13.2. The van der Waals surface area contributed by atoms with Gasteiger partial charge in [-0.25, -0.2) is 14.0 Å². The van der Waals surface area contributed by atoms with E-state index in [9.17, 15) is 18.8 Å². The van der Waals surface area contributed by atoms with Crippen molar-refractivity contribution < 1.29 is 33.0 Å². The molecule has 2 saturated heterocycles. The molecule has 8 heteroatoms. The van der Waals surface area contributed by atoms with Gasteiger partial charge in [0.1, 0.15) is 24.8 Å². The number of thioether (sulfide) groups is 1.